The van der Waals surface area contributed by atoms with Crippen LogP contribution < -0.4 is 0 Å². The minimum absolute atomic E-state index is 0.265. The third-order valence-electron chi connectivity index (χ3n) is 2.29. The number of nitrogens with zero attached hydrogens (tertiary/aromatic N) is 1. The van der Waals surface area contributed by atoms with Gasteiger partial charge in [0, 0.05) is 0 Å². The molecule has 2 aromatic rings. The van der Waals surface area contributed by atoms with E-state index in [9.17, 15) is 4.39 Å². The van der Waals surface area contributed by atoms with Crippen molar-refractivity contribution in [1.29, 1.82) is 0 Å². The molecule has 3 heteroatoms. The highest BCUT2D eigenvalue weighted by Crippen LogP contribution is 2.25. The van der Waals surface area contributed by atoms with Crippen LogP contribution in [0.15, 0.2) is 59.3 Å². The average Bonchev–Trinajstić information content (AvgIpc) is 2.99. The summed E-state index contributed by atoms with van der Waals surface area (Å²) in [5.74, 6) is -0.184. The highest BCUT2D eigenvalue weighted by atomic mass is 19.1. The van der Waals surface area contributed by atoms with Gasteiger partial charge in [-0.25, -0.2) is 9.37 Å². The van der Waals surface area contributed by atoms with Crippen molar-refractivity contribution in [1.82, 2.24) is 4.98 Å². The van der Waals surface area contributed by atoms with E-state index in [0.717, 1.165) is 6.08 Å². The minimum atomic E-state index is -0.449. The molecule has 0 aliphatic rings. The summed E-state index contributed by atoms with van der Waals surface area (Å²) in [5, 5.41) is 0. The Kier molecular flexibility index (Phi) is 9.52. The summed E-state index contributed by atoms with van der Waals surface area (Å²) in [7, 11) is 0. The number of benzene rings is 1. The zero-order chi connectivity index (χ0) is 16.3. The lowest BCUT2D eigenvalue weighted by molar-refractivity contribution is 0.579. The molecule has 1 aromatic heterocycles. The topological polar surface area (TPSA) is 26.0 Å². The fraction of sp³-hybridized carbons (Fsp3) is 0.278. The van der Waals surface area contributed by atoms with Gasteiger partial charge in [0.05, 0.1) is 5.57 Å². The van der Waals surface area contributed by atoms with E-state index in [1.165, 1.54) is 0 Å². The fourth-order valence-electron chi connectivity index (χ4n) is 1.52. The third kappa shape index (κ3) is 5.03. The second-order valence-corrected chi connectivity index (χ2v) is 3.45. The Bertz CT molecular complexity index is 575. The Morgan fingerprint density at radius 3 is 2.33 bits per heavy atom. The summed E-state index contributed by atoms with van der Waals surface area (Å²) in [6, 6.07) is 7.32. The smallest absolute Gasteiger partial charge is 0.230 e. The minimum Gasteiger partial charge on any atom is -0.436 e. The van der Waals surface area contributed by atoms with Crippen molar-refractivity contribution in [3.8, 4) is 0 Å². The quantitative estimate of drug-likeness (QED) is 0.618. The molecule has 0 N–H and O–H groups in total. The van der Waals surface area contributed by atoms with Crippen LogP contribution in [0.3, 0.4) is 0 Å². The van der Waals surface area contributed by atoms with Crippen molar-refractivity contribution >= 4 is 16.7 Å². The van der Waals surface area contributed by atoms with Crippen LogP contribution in [-0.2, 0) is 0 Å². The van der Waals surface area contributed by atoms with Crippen LogP contribution in [-0.4, -0.2) is 4.98 Å². The number of hydrogen-bond donors (Lipinski definition) is 0. The van der Waals surface area contributed by atoms with Gasteiger partial charge in [-0.2, -0.15) is 0 Å². The van der Waals surface area contributed by atoms with Gasteiger partial charge in [-0.1, -0.05) is 58.6 Å². The van der Waals surface area contributed by atoms with Gasteiger partial charge in [0.2, 0.25) is 5.89 Å². The lowest BCUT2D eigenvalue weighted by atomic mass is 10.2. The van der Waals surface area contributed by atoms with Crippen molar-refractivity contribution < 1.29 is 8.81 Å². The standard InChI is InChI=1S/C14H12FNO.2C2H6/c1-3-7-10(11(15)4-2)14-16-12-8-5-6-9-13(12)17-14;2*1-2/h3-9H,2H2,1H3;2*1-2H3/b7-3-,11-10-;;. The number of allylic oxidation sites excluding steroid dienone is 5. The van der Waals surface area contributed by atoms with E-state index >= 15 is 0 Å². The molecule has 0 saturated heterocycles. The first-order valence-corrected chi connectivity index (χ1v) is 7.27. The van der Waals surface area contributed by atoms with Crippen molar-refractivity contribution in [2.24, 2.45) is 0 Å². The molecule has 21 heavy (non-hydrogen) atoms. The van der Waals surface area contributed by atoms with Gasteiger partial charge in [-0.3, -0.25) is 0 Å². The van der Waals surface area contributed by atoms with Gasteiger partial charge < -0.3 is 4.42 Å². The van der Waals surface area contributed by atoms with Crippen LogP contribution in [0.2, 0.25) is 0 Å². The molecule has 1 aromatic carbocycles. The maximum Gasteiger partial charge on any atom is 0.230 e. The highest BCUT2D eigenvalue weighted by molar-refractivity contribution is 5.79. The van der Waals surface area contributed by atoms with E-state index in [2.05, 4.69) is 11.6 Å². The molecule has 0 fully saturated rings. The number of halogens is 1. The normalized spacial score (nSPS) is 11.1. The first-order valence-electron chi connectivity index (χ1n) is 7.27. The maximum absolute atomic E-state index is 13.6. The van der Waals surface area contributed by atoms with Gasteiger partial charge in [-0.15, -0.1) is 0 Å². The maximum atomic E-state index is 13.6. The number of hydrogen-bond acceptors (Lipinski definition) is 2. The summed E-state index contributed by atoms with van der Waals surface area (Å²) in [6.45, 7) is 13.2. The molecule has 0 bridgehead atoms. The third-order valence-corrected chi connectivity index (χ3v) is 2.29. The Morgan fingerprint density at radius 1 is 1.19 bits per heavy atom. The first-order chi connectivity index (χ1) is 10.3. The second kappa shape index (κ2) is 10.6. The van der Waals surface area contributed by atoms with Crippen molar-refractivity contribution in [2.45, 2.75) is 34.6 Å². The molecule has 0 spiro atoms. The van der Waals surface area contributed by atoms with Gasteiger partial charge in [0.1, 0.15) is 11.3 Å². The summed E-state index contributed by atoms with van der Waals surface area (Å²) < 4.78 is 19.1. The monoisotopic (exact) mass is 289 g/mol. The molecule has 0 saturated carbocycles. The van der Waals surface area contributed by atoms with E-state index in [1.54, 1.807) is 25.1 Å². The molecule has 0 radical (unpaired) electrons. The van der Waals surface area contributed by atoms with E-state index in [1.807, 2.05) is 45.9 Å². The SMILES string of the molecule is C=C/C(F)=C(\C=C/C)c1nc2ccccc2o1.CC.CC. The number of fused-ring (bicyclic) bond motifs is 1. The van der Waals surface area contributed by atoms with Gasteiger partial charge >= 0.3 is 0 Å². The highest BCUT2D eigenvalue weighted by Gasteiger charge is 2.11. The average molecular weight is 289 g/mol. The van der Waals surface area contributed by atoms with Crippen LogP contribution in [0.4, 0.5) is 4.39 Å². The van der Waals surface area contributed by atoms with Crippen LogP contribution in [0.25, 0.3) is 16.7 Å². The Labute approximate surface area is 126 Å². The molecular formula is C18H24FNO. The Hall–Kier alpha value is -2.16. The summed E-state index contributed by atoms with van der Waals surface area (Å²) >= 11 is 0. The number of para-hydroxylation sites is 2. The van der Waals surface area contributed by atoms with Crippen LogP contribution in [0, 0.1) is 0 Å². The molecule has 0 amide bonds. The Balaban J connectivity index is 0.000000921. The molecule has 114 valence electrons. The lowest BCUT2D eigenvalue weighted by Gasteiger charge is -1.96. The van der Waals surface area contributed by atoms with Gasteiger partial charge in [0.15, 0.2) is 5.58 Å². The summed E-state index contributed by atoms with van der Waals surface area (Å²) in [6.07, 6.45) is 4.49. The lowest BCUT2D eigenvalue weighted by Crippen LogP contribution is -1.83. The number of rotatable bonds is 3. The van der Waals surface area contributed by atoms with Crippen molar-refractivity contribution in [2.75, 3.05) is 0 Å². The molecule has 1 heterocycles. The molecule has 0 unspecified atom stereocenters. The van der Waals surface area contributed by atoms with E-state index in [4.69, 9.17) is 4.42 Å². The van der Waals surface area contributed by atoms with Gasteiger partial charge in [0.25, 0.3) is 0 Å². The molecule has 0 atom stereocenters. The van der Waals surface area contributed by atoms with E-state index in [0.29, 0.717) is 16.7 Å². The molecule has 0 aliphatic heterocycles. The largest absolute Gasteiger partial charge is 0.436 e. The second-order valence-electron chi connectivity index (χ2n) is 3.45. The Morgan fingerprint density at radius 2 is 1.81 bits per heavy atom. The zero-order valence-corrected chi connectivity index (χ0v) is 13.5. The molecular weight excluding hydrogens is 265 g/mol. The van der Waals surface area contributed by atoms with E-state index < -0.39 is 5.83 Å². The first kappa shape index (κ1) is 18.8. The summed E-state index contributed by atoms with van der Waals surface area (Å²) in [5.41, 5.74) is 1.65. The molecule has 2 rings (SSSR count). The van der Waals surface area contributed by atoms with Crippen LogP contribution in [0.5, 0.6) is 0 Å². The molecule has 2 nitrogen and oxygen atoms in total. The predicted octanol–water partition coefficient (Wildman–Crippen LogP) is 6.32. The number of aromatic nitrogens is 1. The van der Waals surface area contributed by atoms with Crippen molar-refractivity contribution in [3.63, 3.8) is 0 Å². The van der Waals surface area contributed by atoms with Gasteiger partial charge in [-0.05, 0) is 25.1 Å². The zero-order valence-electron chi connectivity index (χ0n) is 13.5. The van der Waals surface area contributed by atoms with Crippen molar-refractivity contribution in [3.05, 3.63) is 60.8 Å². The predicted molar refractivity (Wildman–Crippen MR) is 89.7 cm³/mol. The number of oxazole rings is 1. The summed E-state index contributed by atoms with van der Waals surface area (Å²) in [4.78, 5) is 4.24. The van der Waals surface area contributed by atoms with Crippen LogP contribution in [0.1, 0.15) is 40.5 Å². The molecule has 0 aliphatic carbocycles. The fourth-order valence-corrected chi connectivity index (χ4v) is 1.52. The van der Waals surface area contributed by atoms with E-state index in [-0.39, 0.29) is 5.89 Å². The van der Waals surface area contributed by atoms with Crippen LogP contribution >= 0.6 is 0 Å².